The van der Waals surface area contributed by atoms with Gasteiger partial charge in [-0.2, -0.15) is 5.10 Å². The lowest BCUT2D eigenvalue weighted by molar-refractivity contribution is -0.137. The van der Waals surface area contributed by atoms with Crippen LogP contribution in [0.1, 0.15) is 88.2 Å². The number of carboxylic acids is 1. The van der Waals surface area contributed by atoms with E-state index in [1.807, 2.05) is 22.9 Å². The van der Waals surface area contributed by atoms with Crippen molar-refractivity contribution in [2.45, 2.75) is 95.8 Å². The van der Waals surface area contributed by atoms with Crippen molar-refractivity contribution >= 4 is 11.9 Å². The SMILES string of the molecule is COc1cccc(OC)c1-c1cc(C(=O)N[C@@H](CCN2C(C)CCCC2C)CC(=O)O)nn1C1CCCC1. The van der Waals surface area contributed by atoms with E-state index in [2.05, 4.69) is 24.1 Å². The fourth-order valence-corrected chi connectivity index (χ4v) is 6.14. The van der Waals surface area contributed by atoms with E-state index in [0.29, 0.717) is 30.0 Å². The van der Waals surface area contributed by atoms with Crippen molar-refractivity contribution in [3.05, 3.63) is 30.0 Å². The molecular weight excluding hydrogens is 484 g/mol. The van der Waals surface area contributed by atoms with Crippen molar-refractivity contribution in [2.75, 3.05) is 20.8 Å². The topological polar surface area (TPSA) is 106 Å². The van der Waals surface area contributed by atoms with E-state index >= 15 is 0 Å². The van der Waals surface area contributed by atoms with E-state index < -0.39 is 12.0 Å². The van der Waals surface area contributed by atoms with Gasteiger partial charge >= 0.3 is 5.97 Å². The highest BCUT2D eigenvalue weighted by atomic mass is 16.5. The number of carboxylic acid groups (broad SMARTS) is 1. The van der Waals surface area contributed by atoms with E-state index in [4.69, 9.17) is 14.6 Å². The Hall–Kier alpha value is -3.07. The number of methoxy groups -OCH3 is 2. The Labute approximate surface area is 225 Å². The molecule has 1 aromatic carbocycles. The van der Waals surface area contributed by atoms with Crippen LogP contribution in [0.4, 0.5) is 0 Å². The van der Waals surface area contributed by atoms with Crippen LogP contribution in [0.25, 0.3) is 11.3 Å². The number of ether oxygens (including phenoxy) is 2. The molecule has 0 bridgehead atoms. The summed E-state index contributed by atoms with van der Waals surface area (Å²) in [7, 11) is 3.23. The molecule has 208 valence electrons. The van der Waals surface area contributed by atoms with Crippen LogP contribution in [0.5, 0.6) is 11.5 Å². The van der Waals surface area contributed by atoms with Gasteiger partial charge in [0.2, 0.25) is 0 Å². The Balaban J connectivity index is 1.60. The minimum atomic E-state index is -0.925. The van der Waals surface area contributed by atoms with E-state index in [0.717, 1.165) is 56.3 Å². The molecule has 2 N–H and O–H groups in total. The highest BCUT2D eigenvalue weighted by Crippen LogP contribution is 2.41. The number of hydrogen-bond acceptors (Lipinski definition) is 6. The van der Waals surface area contributed by atoms with E-state index in [1.165, 1.54) is 6.42 Å². The number of piperidine rings is 1. The molecule has 2 unspecified atom stereocenters. The third kappa shape index (κ3) is 6.31. The number of hydrogen-bond donors (Lipinski definition) is 2. The van der Waals surface area contributed by atoms with Gasteiger partial charge in [0.25, 0.3) is 5.91 Å². The number of aromatic nitrogens is 2. The number of carbonyl (C=O) groups excluding carboxylic acids is 1. The third-order valence-electron chi connectivity index (χ3n) is 8.19. The first-order valence-corrected chi connectivity index (χ1v) is 13.9. The van der Waals surface area contributed by atoms with Gasteiger partial charge < -0.3 is 19.9 Å². The number of amides is 1. The molecule has 2 aromatic rings. The zero-order chi connectivity index (χ0) is 27.2. The van der Waals surface area contributed by atoms with Crippen molar-refractivity contribution in [3.63, 3.8) is 0 Å². The second kappa shape index (κ2) is 12.7. The molecule has 1 amide bonds. The monoisotopic (exact) mass is 526 g/mol. The van der Waals surface area contributed by atoms with Gasteiger partial charge in [-0.3, -0.25) is 19.2 Å². The Morgan fingerprint density at radius 1 is 1.05 bits per heavy atom. The molecule has 2 fully saturated rings. The van der Waals surface area contributed by atoms with Gasteiger partial charge in [-0.25, -0.2) is 0 Å². The van der Waals surface area contributed by atoms with E-state index in [-0.39, 0.29) is 24.1 Å². The predicted octanol–water partition coefficient (Wildman–Crippen LogP) is 4.91. The summed E-state index contributed by atoms with van der Waals surface area (Å²) in [5, 5.41) is 17.3. The first-order chi connectivity index (χ1) is 18.3. The van der Waals surface area contributed by atoms with Crippen LogP contribution in [-0.2, 0) is 4.79 Å². The van der Waals surface area contributed by atoms with Crippen molar-refractivity contribution in [1.82, 2.24) is 20.0 Å². The Morgan fingerprint density at radius 3 is 2.26 bits per heavy atom. The third-order valence-corrected chi connectivity index (χ3v) is 8.19. The number of likely N-dealkylation sites (tertiary alicyclic amines) is 1. The fourth-order valence-electron chi connectivity index (χ4n) is 6.14. The summed E-state index contributed by atoms with van der Waals surface area (Å²) >= 11 is 0. The lowest BCUT2D eigenvalue weighted by atomic mass is 9.96. The van der Waals surface area contributed by atoms with Gasteiger partial charge in [0.15, 0.2) is 5.69 Å². The number of benzene rings is 1. The van der Waals surface area contributed by atoms with E-state index in [9.17, 15) is 14.7 Å². The molecule has 9 nitrogen and oxygen atoms in total. The molecular formula is C29H42N4O5. The van der Waals surface area contributed by atoms with Crippen molar-refractivity contribution in [2.24, 2.45) is 0 Å². The number of nitrogens with one attached hydrogen (secondary N) is 1. The van der Waals surface area contributed by atoms with Crippen molar-refractivity contribution in [3.8, 4) is 22.8 Å². The number of rotatable bonds is 11. The molecule has 1 aliphatic carbocycles. The maximum Gasteiger partial charge on any atom is 0.305 e. The normalized spacial score (nSPS) is 21.3. The minimum Gasteiger partial charge on any atom is -0.496 e. The average Bonchev–Trinajstić information content (AvgIpc) is 3.57. The summed E-state index contributed by atoms with van der Waals surface area (Å²) in [5.41, 5.74) is 1.79. The molecule has 1 aliphatic heterocycles. The molecule has 4 rings (SSSR count). The molecule has 1 aromatic heterocycles. The Kier molecular flexibility index (Phi) is 9.31. The quantitative estimate of drug-likeness (QED) is 0.429. The molecule has 0 spiro atoms. The molecule has 1 saturated heterocycles. The zero-order valence-electron chi connectivity index (χ0n) is 23.1. The number of nitrogens with zero attached hydrogens (tertiary/aromatic N) is 3. The van der Waals surface area contributed by atoms with Gasteiger partial charge in [0.05, 0.1) is 37.9 Å². The number of aliphatic carboxylic acids is 1. The second-order valence-corrected chi connectivity index (χ2v) is 10.8. The summed E-state index contributed by atoms with van der Waals surface area (Å²) in [6.07, 6.45) is 8.16. The van der Waals surface area contributed by atoms with Crippen LogP contribution >= 0.6 is 0 Å². The minimum absolute atomic E-state index is 0.126. The molecule has 2 aliphatic rings. The van der Waals surface area contributed by atoms with Crippen LogP contribution in [0.3, 0.4) is 0 Å². The standard InChI is InChI=1S/C29H42N4O5/c1-19-9-7-10-20(2)32(19)16-15-21(17-27(34)35)30-29(36)23-18-24(33(31-23)22-11-5-6-12-22)28-25(37-3)13-8-14-26(28)38-4/h8,13-14,18-22H,5-7,9-12,15-17H2,1-4H3,(H,30,36)(H,34,35)/t19?,20?,21-/m0/s1. The van der Waals surface area contributed by atoms with Gasteiger partial charge in [-0.1, -0.05) is 25.3 Å². The van der Waals surface area contributed by atoms with Crippen LogP contribution in [0, 0.1) is 0 Å². The summed E-state index contributed by atoms with van der Waals surface area (Å²) < 4.78 is 13.2. The highest BCUT2D eigenvalue weighted by Gasteiger charge is 2.29. The van der Waals surface area contributed by atoms with Crippen molar-refractivity contribution < 1.29 is 24.2 Å². The lowest BCUT2D eigenvalue weighted by Crippen LogP contribution is -2.46. The van der Waals surface area contributed by atoms with Gasteiger partial charge in [0, 0.05) is 24.7 Å². The number of carbonyl (C=O) groups is 2. The summed E-state index contributed by atoms with van der Waals surface area (Å²) in [4.78, 5) is 27.6. The van der Waals surface area contributed by atoms with Gasteiger partial charge in [-0.05, 0) is 64.2 Å². The molecule has 3 atom stereocenters. The molecule has 2 heterocycles. The zero-order valence-corrected chi connectivity index (χ0v) is 23.1. The van der Waals surface area contributed by atoms with Crippen molar-refractivity contribution in [1.29, 1.82) is 0 Å². The lowest BCUT2D eigenvalue weighted by Gasteiger charge is -2.39. The first kappa shape index (κ1) is 28.0. The highest BCUT2D eigenvalue weighted by molar-refractivity contribution is 5.94. The first-order valence-electron chi connectivity index (χ1n) is 13.9. The second-order valence-electron chi connectivity index (χ2n) is 10.8. The summed E-state index contributed by atoms with van der Waals surface area (Å²) in [5.74, 6) is 0.00165. The van der Waals surface area contributed by atoms with Gasteiger partial charge in [-0.15, -0.1) is 0 Å². The Bertz CT molecular complexity index is 1080. The largest absolute Gasteiger partial charge is 0.496 e. The smallest absolute Gasteiger partial charge is 0.305 e. The molecule has 0 radical (unpaired) electrons. The van der Waals surface area contributed by atoms with Gasteiger partial charge in [0.1, 0.15) is 11.5 Å². The van der Waals surface area contributed by atoms with Crippen LogP contribution in [-0.4, -0.2) is 70.6 Å². The average molecular weight is 527 g/mol. The fraction of sp³-hybridized carbons (Fsp3) is 0.621. The summed E-state index contributed by atoms with van der Waals surface area (Å²) in [6.45, 7) is 5.20. The maximum absolute atomic E-state index is 13.5. The Morgan fingerprint density at radius 2 is 1.68 bits per heavy atom. The molecule has 9 heteroatoms. The molecule has 1 saturated carbocycles. The van der Waals surface area contributed by atoms with E-state index in [1.54, 1.807) is 20.3 Å². The van der Waals surface area contributed by atoms with Crippen LogP contribution in [0.15, 0.2) is 24.3 Å². The van der Waals surface area contributed by atoms with Crippen LogP contribution in [0.2, 0.25) is 0 Å². The summed E-state index contributed by atoms with van der Waals surface area (Å²) in [6, 6.07) is 8.00. The van der Waals surface area contributed by atoms with Crippen LogP contribution < -0.4 is 14.8 Å². The molecule has 38 heavy (non-hydrogen) atoms. The predicted molar refractivity (Wildman–Crippen MR) is 146 cm³/mol. The maximum atomic E-state index is 13.5.